The molecular formula is C19H21N3O4S. The zero-order valence-electron chi connectivity index (χ0n) is 14.8. The summed E-state index contributed by atoms with van der Waals surface area (Å²) in [7, 11) is -3.64. The zero-order valence-corrected chi connectivity index (χ0v) is 15.6. The summed E-state index contributed by atoms with van der Waals surface area (Å²) >= 11 is 0. The van der Waals surface area contributed by atoms with E-state index < -0.39 is 10.0 Å². The third-order valence-electron chi connectivity index (χ3n) is 4.79. The van der Waals surface area contributed by atoms with Crippen molar-refractivity contribution in [2.45, 2.75) is 17.9 Å². The number of nitrogens with one attached hydrogen (secondary N) is 2. The number of carbonyl (C=O) groups is 1. The summed E-state index contributed by atoms with van der Waals surface area (Å²) in [4.78, 5) is 13.8. The molecule has 0 unspecified atom stereocenters. The van der Waals surface area contributed by atoms with Gasteiger partial charge in [-0.1, -0.05) is 12.1 Å². The standard InChI is InChI=1S/C19H21N3O4S/c23-19-12-15-11-17(5-6-18(15)21-19)27(24,25)20-13-14-1-3-16(4-2-14)22-7-9-26-10-8-22/h1-6,11,20H,7-10,12-13H2,(H,21,23). The molecule has 0 spiro atoms. The van der Waals surface area contributed by atoms with E-state index in [9.17, 15) is 13.2 Å². The number of rotatable bonds is 5. The molecule has 0 bridgehead atoms. The fourth-order valence-electron chi connectivity index (χ4n) is 3.28. The van der Waals surface area contributed by atoms with Gasteiger partial charge in [0, 0.05) is 31.0 Å². The number of amides is 1. The van der Waals surface area contributed by atoms with Crippen LogP contribution in [-0.4, -0.2) is 40.6 Å². The van der Waals surface area contributed by atoms with Crippen molar-refractivity contribution >= 4 is 27.3 Å². The fraction of sp³-hybridized carbons (Fsp3) is 0.316. The van der Waals surface area contributed by atoms with Gasteiger partial charge in [-0.05, 0) is 41.5 Å². The van der Waals surface area contributed by atoms with E-state index in [0.717, 1.165) is 37.6 Å². The fourth-order valence-corrected chi connectivity index (χ4v) is 4.35. The molecule has 1 fully saturated rings. The van der Waals surface area contributed by atoms with E-state index in [1.807, 2.05) is 24.3 Å². The highest BCUT2D eigenvalue weighted by atomic mass is 32.2. The highest BCUT2D eigenvalue weighted by Gasteiger charge is 2.21. The Bertz CT molecular complexity index is 951. The second-order valence-electron chi connectivity index (χ2n) is 6.63. The first-order valence-electron chi connectivity index (χ1n) is 8.85. The SMILES string of the molecule is O=C1Cc2cc(S(=O)(=O)NCc3ccc(N4CCOCC4)cc3)ccc2N1. The third-order valence-corrected chi connectivity index (χ3v) is 6.19. The number of benzene rings is 2. The molecule has 27 heavy (non-hydrogen) atoms. The van der Waals surface area contributed by atoms with Gasteiger partial charge >= 0.3 is 0 Å². The van der Waals surface area contributed by atoms with Gasteiger partial charge in [0.1, 0.15) is 0 Å². The topological polar surface area (TPSA) is 87.7 Å². The first-order valence-corrected chi connectivity index (χ1v) is 10.3. The van der Waals surface area contributed by atoms with Crippen LogP contribution in [0, 0.1) is 0 Å². The Morgan fingerprint density at radius 2 is 1.81 bits per heavy atom. The largest absolute Gasteiger partial charge is 0.378 e. The highest BCUT2D eigenvalue weighted by Crippen LogP contribution is 2.26. The van der Waals surface area contributed by atoms with E-state index in [1.165, 1.54) is 6.07 Å². The number of carbonyl (C=O) groups excluding carboxylic acids is 1. The molecule has 7 nitrogen and oxygen atoms in total. The molecule has 0 radical (unpaired) electrons. The summed E-state index contributed by atoms with van der Waals surface area (Å²) in [6, 6.07) is 12.6. The molecule has 8 heteroatoms. The summed E-state index contributed by atoms with van der Waals surface area (Å²) in [5.74, 6) is -0.118. The maximum absolute atomic E-state index is 12.6. The van der Waals surface area contributed by atoms with Crippen LogP contribution in [0.5, 0.6) is 0 Å². The molecule has 0 aliphatic carbocycles. The van der Waals surface area contributed by atoms with Gasteiger partial charge < -0.3 is 15.0 Å². The van der Waals surface area contributed by atoms with Gasteiger partial charge in [-0.2, -0.15) is 0 Å². The van der Waals surface area contributed by atoms with E-state index in [-0.39, 0.29) is 23.8 Å². The van der Waals surface area contributed by atoms with Crippen LogP contribution in [0.1, 0.15) is 11.1 Å². The van der Waals surface area contributed by atoms with Crippen molar-refractivity contribution in [2.24, 2.45) is 0 Å². The Kier molecular flexibility index (Phi) is 4.86. The van der Waals surface area contributed by atoms with Crippen molar-refractivity contribution in [3.05, 3.63) is 53.6 Å². The van der Waals surface area contributed by atoms with E-state index in [2.05, 4.69) is 14.9 Å². The molecule has 2 aliphatic heterocycles. The van der Waals surface area contributed by atoms with Gasteiger partial charge in [0.25, 0.3) is 0 Å². The Labute approximate surface area is 158 Å². The minimum atomic E-state index is -3.64. The molecule has 1 saturated heterocycles. The first-order chi connectivity index (χ1) is 13.0. The van der Waals surface area contributed by atoms with Gasteiger partial charge in [0.15, 0.2) is 0 Å². The Morgan fingerprint density at radius 1 is 1.07 bits per heavy atom. The molecule has 2 N–H and O–H groups in total. The Balaban J connectivity index is 1.42. The van der Waals surface area contributed by atoms with Crippen molar-refractivity contribution in [3.8, 4) is 0 Å². The molecule has 4 rings (SSSR count). The molecule has 2 aromatic rings. The number of sulfonamides is 1. The Morgan fingerprint density at radius 3 is 2.56 bits per heavy atom. The van der Waals surface area contributed by atoms with Crippen LogP contribution in [0.3, 0.4) is 0 Å². The molecule has 1 amide bonds. The van der Waals surface area contributed by atoms with Crippen molar-refractivity contribution in [2.75, 3.05) is 36.5 Å². The van der Waals surface area contributed by atoms with E-state index >= 15 is 0 Å². The summed E-state index contributed by atoms with van der Waals surface area (Å²) < 4.78 is 33.1. The molecule has 2 heterocycles. The summed E-state index contributed by atoms with van der Waals surface area (Å²) in [6.45, 7) is 3.39. The molecule has 0 saturated carbocycles. The average molecular weight is 387 g/mol. The van der Waals surface area contributed by atoms with Crippen molar-refractivity contribution in [1.82, 2.24) is 4.72 Å². The van der Waals surface area contributed by atoms with Crippen LogP contribution < -0.4 is 14.9 Å². The molecular weight excluding hydrogens is 366 g/mol. The number of morpholine rings is 1. The second kappa shape index (κ2) is 7.30. The van der Waals surface area contributed by atoms with Gasteiger partial charge in [-0.25, -0.2) is 13.1 Å². The smallest absolute Gasteiger partial charge is 0.240 e. The lowest BCUT2D eigenvalue weighted by Crippen LogP contribution is -2.36. The van der Waals surface area contributed by atoms with Crippen LogP contribution in [0.25, 0.3) is 0 Å². The number of hydrogen-bond donors (Lipinski definition) is 2. The van der Waals surface area contributed by atoms with E-state index in [4.69, 9.17) is 4.74 Å². The number of ether oxygens (including phenoxy) is 1. The number of nitrogens with zero attached hydrogens (tertiary/aromatic N) is 1. The Hall–Kier alpha value is -2.42. The molecule has 142 valence electrons. The van der Waals surface area contributed by atoms with Gasteiger partial charge in [-0.3, -0.25) is 4.79 Å². The molecule has 2 aliphatic rings. The van der Waals surface area contributed by atoms with Crippen LogP contribution in [0.2, 0.25) is 0 Å². The van der Waals surface area contributed by atoms with Gasteiger partial charge in [-0.15, -0.1) is 0 Å². The molecule has 0 aromatic heterocycles. The predicted octanol–water partition coefficient (Wildman–Crippen LogP) is 1.50. The zero-order chi connectivity index (χ0) is 18.9. The molecule has 0 atom stereocenters. The number of fused-ring (bicyclic) bond motifs is 1. The van der Waals surface area contributed by atoms with Crippen LogP contribution >= 0.6 is 0 Å². The number of anilines is 2. The van der Waals surface area contributed by atoms with Gasteiger partial charge in [0.05, 0.1) is 24.5 Å². The lowest BCUT2D eigenvalue weighted by atomic mass is 10.2. The van der Waals surface area contributed by atoms with E-state index in [0.29, 0.717) is 11.3 Å². The van der Waals surface area contributed by atoms with E-state index in [1.54, 1.807) is 12.1 Å². The summed E-state index contributed by atoms with van der Waals surface area (Å²) in [5, 5.41) is 2.70. The van der Waals surface area contributed by atoms with Crippen molar-refractivity contribution in [3.63, 3.8) is 0 Å². The van der Waals surface area contributed by atoms with Crippen molar-refractivity contribution < 1.29 is 17.9 Å². The minimum Gasteiger partial charge on any atom is -0.378 e. The maximum Gasteiger partial charge on any atom is 0.240 e. The quantitative estimate of drug-likeness (QED) is 0.812. The van der Waals surface area contributed by atoms with Crippen LogP contribution in [0.4, 0.5) is 11.4 Å². The maximum atomic E-state index is 12.6. The molecule has 2 aromatic carbocycles. The lowest BCUT2D eigenvalue weighted by Gasteiger charge is -2.28. The van der Waals surface area contributed by atoms with Crippen LogP contribution in [-0.2, 0) is 32.5 Å². The predicted molar refractivity (Wildman–Crippen MR) is 102 cm³/mol. The minimum absolute atomic E-state index is 0.118. The number of hydrogen-bond acceptors (Lipinski definition) is 5. The normalized spacial score (nSPS) is 16.9. The second-order valence-corrected chi connectivity index (χ2v) is 8.40. The lowest BCUT2D eigenvalue weighted by molar-refractivity contribution is -0.115. The first kappa shape index (κ1) is 18.0. The average Bonchev–Trinajstić information content (AvgIpc) is 3.07. The summed E-state index contributed by atoms with van der Waals surface area (Å²) in [6.07, 6.45) is 0.210. The highest BCUT2D eigenvalue weighted by molar-refractivity contribution is 7.89. The van der Waals surface area contributed by atoms with Crippen LogP contribution in [0.15, 0.2) is 47.4 Å². The van der Waals surface area contributed by atoms with Gasteiger partial charge in [0.2, 0.25) is 15.9 Å². The monoisotopic (exact) mass is 387 g/mol. The van der Waals surface area contributed by atoms with Crippen molar-refractivity contribution in [1.29, 1.82) is 0 Å². The summed E-state index contributed by atoms with van der Waals surface area (Å²) in [5.41, 5.74) is 3.38. The third kappa shape index (κ3) is 3.97.